The van der Waals surface area contributed by atoms with Crippen LogP contribution in [0.3, 0.4) is 0 Å². The van der Waals surface area contributed by atoms with E-state index in [-0.39, 0.29) is 12.2 Å². The second kappa shape index (κ2) is 4.35. The number of aliphatic carboxylic acids is 1. The molecule has 0 atom stereocenters. The number of hydrogen-bond acceptors (Lipinski definition) is 3. The first-order chi connectivity index (χ1) is 7.33. The summed E-state index contributed by atoms with van der Waals surface area (Å²) in [4.78, 5) is 22.7. The number of ketones is 1. The van der Waals surface area contributed by atoms with Crippen LogP contribution in [-0.4, -0.2) is 16.9 Å². The minimum absolute atomic E-state index is 0.194. The predicted molar refractivity (Wildman–Crippen MR) is 61.2 cm³/mol. The molecule has 16 heavy (non-hydrogen) atoms. The van der Waals surface area contributed by atoms with Crippen molar-refractivity contribution in [3.05, 3.63) is 29.8 Å². The molecule has 0 fully saturated rings. The fourth-order valence-electron chi connectivity index (χ4n) is 1.53. The van der Waals surface area contributed by atoms with E-state index >= 15 is 0 Å². The Kier molecular flexibility index (Phi) is 3.32. The first-order valence-electron chi connectivity index (χ1n) is 4.95. The normalized spacial score (nSPS) is 11.1. The highest BCUT2D eigenvalue weighted by Gasteiger charge is 2.31. The highest BCUT2D eigenvalue weighted by Crippen LogP contribution is 2.26. The quantitative estimate of drug-likeness (QED) is 0.601. The molecule has 0 spiro atoms. The molecule has 0 aromatic heterocycles. The maximum Gasteiger partial charge on any atom is 0.304 e. The summed E-state index contributed by atoms with van der Waals surface area (Å²) in [6, 6.07) is 6.56. The third-order valence-electron chi connectivity index (χ3n) is 2.36. The second-order valence-corrected chi connectivity index (χ2v) is 4.41. The van der Waals surface area contributed by atoms with Crippen LogP contribution in [0.15, 0.2) is 24.3 Å². The zero-order chi connectivity index (χ0) is 12.3. The molecule has 0 bridgehead atoms. The Balaban J connectivity index is 2.97. The SMILES string of the molecule is CC(C)(CC(=O)O)C(=O)c1cccc(N)c1. The van der Waals surface area contributed by atoms with E-state index in [1.807, 2.05) is 0 Å². The highest BCUT2D eigenvalue weighted by atomic mass is 16.4. The lowest BCUT2D eigenvalue weighted by atomic mass is 9.81. The molecule has 0 heterocycles. The summed E-state index contributed by atoms with van der Waals surface area (Å²) >= 11 is 0. The molecule has 0 amide bonds. The molecule has 1 aromatic carbocycles. The van der Waals surface area contributed by atoms with Gasteiger partial charge in [-0.1, -0.05) is 26.0 Å². The van der Waals surface area contributed by atoms with Crippen LogP contribution in [0.5, 0.6) is 0 Å². The number of carbonyl (C=O) groups excluding carboxylic acids is 1. The van der Waals surface area contributed by atoms with E-state index in [0.717, 1.165) is 0 Å². The average Bonchev–Trinajstić information content (AvgIpc) is 2.14. The molecule has 0 unspecified atom stereocenters. The van der Waals surface area contributed by atoms with Crippen molar-refractivity contribution in [2.45, 2.75) is 20.3 Å². The van der Waals surface area contributed by atoms with E-state index in [0.29, 0.717) is 11.3 Å². The van der Waals surface area contributed by atoms with E-state index in [4.69, 9.17) is 10.8 Å². The number of carboxylic acids is 1. The van der Waals surface area contributed by atoms with Gasteiger partial charge in [-0.2, -0.15) is 0 Å². The Morgan fingerprint density at radius 3 is 2.50 bits per heavy atom. The van der Waals surface area contributed by atoms with E-state index < -0.39 is 11.4 Å². The number of rotatable bonds is 4. The molecular weight excluding hydrogens is 206 g/mol. The van der Waals surface area contributed by atoms with Gasteiger partial charge in [-0.15, -0.1) is 0 Å². The smallest absolute Gasteiger partial charge is 0.304 e. The van der Waals surface area contributed by atoms with E-state index in [1.165, 1.54) is 0 Å². The fraction of sp³-hybridized carbons (Fsp3) is 0.333. The predicted octanol–water partition coefficient (Wildman–Crippen LogP) is 1.95. The largest absolute Gasteiger partial charge is 0.481 e. The molecular formula is C12H15NO3. The topological polar surface area (TPSA) is 80.4 Å². The summed E-state index contributed by atoms with van der Waals surface area (Å²) in [6.45, 7) is 3.24. The monoisotopic (exact) mass is 221 g/mol. The Morgan fingerprint density at radius 2 is 2.00 bits per heavy atom. The summed E-state index contributed by atoms with van der Waals surface area (Å²) in [7, 11) is 0. The number of Topliss-reactive ketones (excluding diaryl/α,β-unsaturated/α-hetero) is 1. The molecule has 0 aliphatic carbocycles. The minimum atomic E-state index is -0.984. The van der Waals surface area contributed by atoms with E-state index in [1.54, 1.807) is 38.1 Å². The van der Waals surface area contributed by atoms with Crippen molar-refractivity contribution in [2.75, 3.05) is 5.73 Å². The van der Waals surface area contributed by atoms with Crippen LogP contribution in [0.2, 0.25) is 0 Å². The molecule has 0 saturated heterocycles. The summed E-state index contributed by atoms with van der Waals surface area (Å²) in [6.07, 6.45) is -0.194. The summed E-state index contributed by atoms with van der Waals surface area (Å²) in [5.74, 6) is -1.19. The van der Waals surface area contributed by atoms with Crippen LogP contribution in [-0.2, 0) is 4.79 Å². The zero-order valence-electron chi connectivity index (χ0n) is 9.36. The lowest BCUT2D eigenvalue weighted by Gasteiger charge is -2.20. The standard InChI is InChI=1S/C12H15NO3/c1-12(2,7-10(14)15)11(16)8-4-3-5-9(13)6-8/h3-6H,7,13H2,1-2H3,(H,14,15). The van der Waals surface area contributed by atoms with Gasteiger partial charge in [0.15, 0.2) is 5.78 Å². The van der Waals surface area contributed by atoms with Crippen molar-refractivity contribution >= 4 is 17.4 Å². The Labute approximate surface area is 94.1 Å². The van der Waals surface area contributed by atoms with E-state index in [9.17, 15) is 9.59 Å². The van der Waals surface area contributed by atoms with Gasteiger partial charge in [0.1, 0.15) is 0 Å². The Morgan fingerprint density at radius 1 is 1.38 bits per heavy atom. The molecule has 0 aliphatic heterocycles. The van der Waals surface area contributed by atoms with Gasteiger partial charge in [0.05, 0.1) is 6.42 Å². The first kappa shape index (κ1) is 12.2. The van der Waals surface area contributed by atoms with Crippen molar-refractivity contribution in [3.8, 4) is 0 Å². The van der Waals surface area contributed by atoms with Crippen molar-refractivity contribution in [2.24, 2.45) is 5.41 Å². The van der Waals surface area contributed by atoms with E-state index in [2.05, 4.69) is 0 Å². The van der Waals surface area contributed by atoms with Gasteiger partial charge in [0, 0.05) is 16.7 Å². The van der Waals surface area contributed by atoms with Gasteiger partial charge < -0.3 is 10.8 Å². The van der Waals surface area contributed by atoms with Gasteiger partial charge in [0.2, 0.25) is 0 Å². The molecule has 1 aromatic rings. The van der Waals surface area contributed by atoms with Crippen LogP contribution < -0.4 is 5.73 Å². The van der Waals surface area contributed by atoms with Gasteiger partial charge in [0.25, 0.3) is 0 Å². The summed E-state index contributed by atoms with van der Waals surface area (Å²) < 4.78 is 0. The van der Waals surface area contributed by atoms with Gasteiger partial charge in [-0.05, 0) is 12.1 Å². The molecule has 4 nitrogen and oxygen atoms in total. The second-order valence-electron chi connectivity index (χ2n) is 4.41. The average molecular weight is 221 g/mol. The molecule has 0 aliphatic rings. The number of nitrogens with two attached hydrogens (primary N) is 1. The number of carbonyl (C=O) groups is 2. The van der Waals surface area contributed by atoms with Gasteiger partial charge >= 0.3 is 5.97 Å². The fourth-order valence-corrected chi connectivity index (χ4v) is 1.53. The third-order valence-corrected chi connectivity index (χ3v) is 2.36. The summed E-state index contributed by atoms with van der Waals surface area (Å²) in [5, 5.41) is 8.72. The van der Waals surface area contributed by atoms with Crippen LogP contribution in [0.4, 0.5) is 5.69 Å². The third kappa shape index (κ3) is 2.82. The van der Waals surface area contributed by atoms with Crippen molar-refractivity contribution < 1.29 is 14.7 Å². The molecule has 1 rings (SSSR count). The maximum absolute atomic E-state index is 12.0. The van der Waals surface area contributed by atoms with Crippen LogP contribution >= 0.6 is 0 Å². The lowest BCUT2D eigenvalue weighted by molar-refractivity contribution is -0.138. The molecule has 86 valence electrons. The first-order valence-corrected chi connectivity index (χ1v) is 4.95. The maximum atomic E-state index is 12.0. The van der Waals surface area contributed by atoms with Crippen molar-refractivity contribution in [3.63, 3.8) is 0 Å². The van der Waals surface area contributed by atoms with Crippen LogP contribution in [0.25, 0.3) is 0 Å². The van der Waals surface area contributed by atoms with Crippen molar-refractivity contribution in [1.29, 1.82) is 0 Å². The number of nitrogen functional groups attached to an aromatic ring is 1. The molecule has 0 radical (unpaired) electrons. The number of hydrogen-bond donors (Lipinski definition) is 2. The lowest BCUT2D eigenvalue weighted by Crippen LogP contribution is -2.27. The van der Waals surface area contributed by atoms with Crippen LogP contribution in [0, 0.1) is 5.41 Å². The number of benzene rings is 1. The number of carboxylic acid groups (broad SMARTS) is 1. The Hall–Kier alpha value is -1.84. The summed E-state index contributed by atoms with van der Waals surface area (Å²) in [5.41, 5.74) is 5.60. The molecule has 4 heteroatoms. The highest BCUT2D eigenvalue weighted by molar-refractivity contribution is 6.02. The van der Waals surface area contributed by atoms with Gasteiger partial charge in [-0.25, -0.2) is 0 Å². The van der Waals surface area contributed by atoms with Crippen LogP contribution in [0.1, 0.15) is 30.6 Å². The number of anilines is 1. The molecule has 0 saturated carbocycles. The Bertz CT molecular complexity index is 424. The molecule has 3 N–H and O–H groups in total. The van der Waals surface area contributed by atoms with Gasteiger partial charge in [-0.3, -0.25) is 9.59 Å². The van der Waals surface area contributed by atoms with Crippen molar-refractivity contribution in [1.82, 2.24) is 0 Å². The minimum Gasteiger partial charge on any atom is -0.481 e. The zero-order valence-corrected chi connectivity index (χ0v) is 9.36.